The molecule has 0 atom stereocenters. The minimum Gasteiger partial charge on any atom is -0.392 e. The van der Waals surface area contributed by atoms with E-state index in [2.05, 4.69) is 25.4 Å². The van der Waals surface area contributed by atoms with Gasteiger partial charge in [-0.25, -0.2) is 9.97 Å². The number of nitrogens with zero attached hydrogens (tertiary/aromatic N) is 6. The molecule has 5 heterocycles. The number of fused-ring (bicyclic) bond motifs is 3. The van der Waals surface area contributed by atoms with Gasteiger partial charge in [-0.05, 0) is 48.9 Å². The van der Waals surface area contributed by atoms with Crippen LogP contribution in [0.15, 0.2) is 58.9 Å². The third-order valence-corrected chi connectivity index (χ3v) is 7.91. The largest absolute Gasteiger partial charge is 0.392 e. The molecule has 5 aromatic rings. The van der Waals surface area contributed by atoms with Crippen molar-refractivity contribution < 1.29 is 5.11 Å². The van der Waals surface area contributed by atoms with E-state index in [9.17, 15) is 14.7 Å². The topological polar surface area (TPSA) is 128 Å². The maximum atomic E-state index is 13.5. The number of aromatic nitrogens is 6. The average Bonchev–Trinajstić information content (AvgIpc) is 3.31. The lowest BCUT2D eigenvalue weighted by atomic mass is 9.97. The molecule has 0 bridgehead atoms. The van der Waals surface area contributed by atoms with Crippen molar-refractivity contribution in [2.45, 2.75) is 32.3 Å². The summed E-state index contributed by atoms with van der Waals surface area (Å²) >= 11 is 1.53. The summed E-state index contributed by atoms with van der Waals surface area (Å²) in [5.41, 5.74) is 2.75. The zero-order valence-electron chi connectivity index (χ0n) is 20.0. The number of pyridine rings is 2. The molecule has 0 aliphatic heterocycles. The molecule has 0 unspecified atom stereocenters. The summed E-state index contributed by atoms with van der Waals surface area (Å²) in [6, 6.07) is 3.43. The van der Waals surface area contributed by atoms with Gasteiger partial charge in [0.05, 0.1) is 19.0 Å². The second-order valence-corrected chi connectivity index (χ2v) is 10.0. The molecular weight excluding hydrogens is 490 g/mol. The zero-order chi connectivity index (χ0) is 25.5. The Hall–Kier alpha value is -4.22. The fourth-order valence-corrected chi connectivity index (χ4v) is 6.13. The van der Waals surface area contributed by atoms with E-state index in [-0.39, 0.29) is 23.5 Å². The molecule has 0 radical (unpaired) electrons. The number of hydrogen-bond donors (Lipinski definition) is 2. The summed E-state index contributed by atoms with van der Waals surface area (Å²) < 4.78 is 3.37. The van der Waals surface area contributed by atoms with Crippen LogP contribution in [0.5, 0.6) is 0 Å². The Morgan fingerprint density at radius 3 is 2.76 bits per heavy atom. The van der Waals surface area contributed by atoms with E-state index in [0.717, 1.165) is 31.1 Å². The molecule has 2 N–H and O–H groups in total. The Labute approximate surface area is 214 Å². The van der Waals surface area contributed by atoms with Gasteiger partial charge in [-0.3, -0.25) is 14.6 Å². The highest BCUT2D eigenvalue weighted by molar-refractivity contribution is 7.19. The maximum absolute atomic E-state index is 13.5. The summed E-state index contributed by atoms with van der Waals surface area (Å²) in [4.78, 5) is 40.2. The van der Waals surface area contributed by atoms with Gasteiger partial charge in [0.25, 0.3) is 11.1 Å². The monoisotopic (exact) mass is 513 g/mol. The molecule has 1 aliphatic carbocycles. The highest BCUT2D eigenvalue weighted by Gasteiger charge is 2.22. The van der Waals surface area contributed by atoms with Crippen LogP contribution in [-0.2, 0) is 26.5 Å². The Balaban J connectivity index is 1.49. The van der Waals surface area contributed by atoms with Gasteiger partial charge in [0.2, 0.25) is 0 Å². The minimum atomic E-state index is -0.374. The van der Waals surface area contributed by atoms with Crippen LogP contribution in [-0.4, -0.2) is 34.4 Å². The minimum absolute atomic E-state index is 0.248. The highest BCUT2D eigenvalue weighted by Crippen LogP contribution is 2.35. The Morgan fingerprint density at radius 2 is 1.95 bits per heavy atom. The molecule has 5 aromatic heterocycles. The van der Waals surface area contributed by atoms with Gasteiger partial charge in [0, 0.05) is 53.2 Å². The SMILES string of the molecule is Cn1cc(-c2ccnc(-n3ncc4c5c(sc4c3=O)CCCC5)c2CO)cc(Nc2cnccn2)c1=O. The number of thiophene rings is 1. The smallest absolute Gasteiger partial charge is 0.290 e. The lowest BCUT2D eigenvalue weighted by Crippen LogP contribution is -2.23. The summed E-state index contributed by atoms with van der Waals surface area (Å²) in [6.07, 6.45) is 13.8. The second kappa shape index (κ2) is 9.34. The molecule has 0 spiro atoms. The summed E-state index contributed by atoms with van der Waals surface area (Å²) in [5, 5.41) is 18.8. The molecule has 0 saturated carbocycles. The van der Waals surface area contributed by atoms with Crippen LogP contribution >= 0.6 is 11.3 Å². The van der Waals surface area contributed by atoms with Gasteiger partial charge >= 0.3 is 0 Å². The van der Waals surface area contributed by atoms with Crippen molar-refractivity contribution in [3.05, 3.63) is 86.0 Å². The molecule has 0 aromatic carbocycles. The second-order valence-electron chi connectivity index (χ2n) is 8.91. The number of aliphatic hydroxyl groups excluding tert-OH is 1. The van der Waals surface area contributed by atoms with Crippen LogP contribution in [0.25, 0.3) is 27.0 Å². The predicted molar refractivity (Wildman–Crippen MR) is 142 cm³/mol. The molecule has 186 valence electrons. The number of nitrogens with one attached hydrogen (secondary N) is 1. The van der Waals surface area contributed by atoms with Crippen molar-refractivity contribution >= 4 is 32.9 Å². The molecule has 0 fully saturated rings. The van der Waals surface area contributed by atoms with Gasteiger partial charge in [-0.1, -0.05) is 0 Å². The molecule has 11 heteroatoms. The Bertz CT molecular complexity index is 1760. The molecule has 1 aliphatic rings. The van der Waals surface area contributed by atoms with Crippen LogP contribution < -0.4 is 16.4 Å². The van der Waals surface area contributed by atoms with Gasteiger partial charge < -0.3 is 15.0 Å². The number of aliphatic hydroxyl groups is 1. The maximum Gasteiger partial charge on any atom is 0.290 e. The Kier molecular flexibility index (Phi) is 5.85. The fraction of sp³-hybridized carbons (Fsp3) is 0.231. The Morgan fingerprint density at radius 1 is 1.08 bits per heavy atom. The van der Waals surface area contributed by atoms with E-state index >= 15 is 0 Å². The zero-order valence-corrected chi connectivity index (χ0v) is 20.8. The normalized spacial score (nSPS) is 13.0. The summed E-state index contributed by atoms with van der Waals surface area (Å²) in [7, 11) is 1.65. The van der Waals surface area contributed by atoms with E-state index < -0.39 is 0 Å². The quantitative estimate of drug-likeness (QED) is 0.367. The summed E-state index contributed by atoms with van der Waals surface area (Å²) in [6.45, 7) is -0.374. The first-order valence-corrected chi connectivity index (χ1v) is 12.7. The molecule has 10 nitrogen and oxygen atoms in total. The molecular formula is C26H23N7O3S. The van der Waals surface area contributed by atoms with E-state index in [0.29, 0.717) is 32.9 Å². The van der Waals surface area contributed by atoms with Crippen LogP contribution in [0.1, 0.15) is 28.8 Å². The lowest BCUT2D eigenvalue weighted by Gasteiger charge is -2.15. The predicted octanol–water partition coefficient (Wildman–Crippen LogP) is 3.11. The van der Waals surface area contributed by atoms with Gasteiger partial charge in [0.15, 0.2) is 5.82 Å². The molecule has 0 saturated heterocycles. The van der Waals surface area contributed by atoms with E-state index in [1.165, 1.54) is 43.4 Å². The van der Waals surface area contributed by atoms with Crippen LogP contribution in [0.4, 0.5) is 11.5 Å². The number of anilines is 2. The average molecular weight is 514 g/mol. The number of aryl methyl sites for hydroxylation is 3. The van der Waals surface area contributed by atoms with Crippen LogP contribution in [0.3, 0.4) is 0 Å². The number of rotatable bonds is 5. The first-order valence-electron chi connectivity index (χ1n) is 11.9. The van der Waals surface area contributed by atoms with E-state index in [4.69, 9.17) is 0 Å². The van der Waals surface area contributed by atoms with Crippen molar-refractivity contribution in [3.63, 3.8) is 0 Å². The van der Waals surface area contributed by atoms with Gasteiger partial charge in [-0.2, -0.15) is 9.78 Å². The lowest BCUT2D eigenvalue weighted by molar-refractivity contribution is 0.281. The van der Waals surface area contributed by atoms with Crippen LogP contribution in [0, 0.1) is 0 Å². The van der Waals surface area contributed by atoms with Crippen molar-refractivity contribution in [1.82, 2.24) is 29.3 Å². The van der Waals surface area contributed by atoms with E-state index in [1.54, 1.807) is 44.0 Å². The van der Waals surface area contributed by atoms with E-state index in [1.807, 2.05) is 0 Å². The molecule has 0 amide bonds. The summed E-state index contributed by atoms with van der Waals surface area (Å²) in [5.74, 6) is 0.688. The standard InChI is InChI=1S/C26H23N7O3S/c1-32-13-15(10-20(25(32)35)31-22-12-27-8-9-28-22)16-6-7-29-24(19(16)14-34)33-26(36)23-18(11-30-33)17-4-2-3-5-21(17)37-23/h6-13,34H,2-5,14H2,1H3,(H,28,31). The highest BCUT2D eigenvalue weighted by atomic mass is 32.1. The van der Waals surface area contributed by atoms with Crippen molar-refractivity contribution in [1.29, 1.82) is 0 Å². The number of hydrogen-bond acceptors (Lipinski definition) is 9. The molecule has 6 rings (SSSR count). The molecule has 37 heavy (non-hydrogen) atoms. The van der Waals surface area contributed by atoms with Crippen molar-refractivity contribution in [3.8, 4) is 16.9 Å². The first-order chi connectivity index (χ1) is 18.0. The third kappa shape index (κ3) is 4.02. The third-order valence-electron chi connectivity index (χ3n) is 6.61. The fourth-order valence-electron chi connectivity index (χ4n) is 4.84. The van der Waals surface area contributed by atoms with Gasteiger partial charge in [0.1, 0.15) is 16.2 Å². The van der Waals surface area contributed by atoms with Crippen molar-refractivity contribution in [2.75, 3.05) is 5.32 Å². The first kappa shape index (κ1) is 23.2. The van der Waals surface area contributed by atoms with Crippen molar-refractivity contribution in [2.24, 2.45) is 7.05 Å². The van der Waals surface area contributed by atoms with Gasteiger partial charge in [-0.15, -0.1) is 11.3 Å². The van der Waals surface area contributed by atoms with Crippen LogP contribution in [0.2, 0.25) is 0 Å².